The monoisotopic (exact) mass is 215 g/mol. The number of thiol groups is 1. The maximum absolute atomic E-state index is 5.34. The predicted molar refractivity (Wildman–Crippen MR) is 64.0 cm³/mol. The molecule has 0 radical (unpaired) electrons. The van der Waals surface area contributed by atoms with Crippen molar-refractivity contribution in [2.75, 3.05) is 39.1 Å². The molecular weight excluding hydrogens is 194 g/mol. The Morgan fingerprint density at radius 3 is 2.71 bits per heavy atom. The molecule has 0 amide bonds. The number of hydrogen-bond donors (Lipinski definition) is 1. The van der Waals surface area contributed by atoms with Crippen LogP contribution in [0.4, 0.5) is 0 Å². The van der Waals surface area contributed by atoms with Gasteiger partial charge in [-0.2, -0.15) is 12.6 Å². The van der Waals surface area contributed by atoms with Gasteiger partial charge in [-0.05, 0) is 25.8 Å². The summed E-state index contributed by atoms with van der Waals surface area (Å²) in [6.07, 6.45) is 2.41. The van der Waals surface area contributed by atoms with Crippen LogP contribution in [0.5, 0.6) is 0 Å². The lowest BCUT2D eigenvalue weighted by molar-refractivity contribution is 0.0567. The first kappa shape index (κ1) is 12.1. The quantitative estimate of drug-likeness (QED) is 0.555. The van der Waals surface area contributed by atoms with Gasteiger partial charge in [-0.25, -0.2) is 0 Å². The molecule has 0 aromatic carbocycles. The summed E-state index contributed by atoms with van der Waals surface area (Å²) in [6, 6.07) is 0. The zero-order valence-corrected chi connectivity index (χ0v) is 9.93. The normalized spacial score (nSPS) is 18.8. The van der Waals surface area contributed by atoms with Crippen LogP contribution in [0.15, 0.2) is 12.2 Å². The second-order valence-electron chi connectivity index (χ2n) is 4.16. The molecule has 2 nitrogen and oxygen atoms in total. The molecule has 0 atom stereocenters. The number of rotatable bonds is 5. The fraction of sp³-hybridized carbons (Fsp3) is 0.818. The molecule has 0 unspecified atom stereocenters. The van der Waals surface area contributed by atoms with Gasteiger partial charge in [0.2, 0.25) is 0 Å². The zero-order chi connectivity index (χ0) is 10.4. The highest BCUT2D eigenvalue weighted by molar-refractivity contribution is 7.80. The van der Waals surface area contributed by atoms with Crippen LogP contribution in [0.2, 0.25) is 0 Å². The molecule has 1 heterocycles. The summed E-state index contributed by atoms with van der Waals surface area (Å²) in [7, 11) is 2.16. The topological polar surface area (TPSA) is 12.5 Å². The molecule has 82 valence electrons. The third kappa shape index (κ3) is 4.49. The average molecular weight is 215 g/mol. The van der Waals surface area contributed by atoms with Gasteiger partial charge in [0.15, 0.2) is 0 Å². The second-order valence-corrected chi connectivity index (χ2v) is 4.48. The van der Waals surface area contributed by atoms with Gasteiger partial charge in [-0.3, -0.25) is 0 Å². The van der Waals surface area contributed by atoms with E-state index in [0.29, 0.717) is 0 Å². The molecule has 0 bridgehead atoms. The van der Waals surface area contributed by atoms with Crippen molar-refractivity contribution in [2.24, 2.45) is 5.92 Å². The molecule has 0 spiro atoms. The Labute approximate surface area is 92.7 Å². The van der Waals surface area contributed by atoms with E-state index in [1.807, 2.05) is 0 Å². The van der Waals surface area contributed by atoms with Crippen LogP contribution in [-0.4, -0.2) is 44.0 Å². The van der Waals surface area contributed by atoms with E-state index < -0.39 is 0 Å². The fourth-order valence-electron chi connectivity index (χ4n) is 1.87. The third-order valence-electron chi connectivity index (χ3n) is 2.63. The Morgan fingerprint density at radius 2 is 2.14 bits per heavy atom. The summed E-state index contributed by atoms with van der Waals surface area (Å²) in [5.41, 5.74) is 1.20. The highest BCUT2D eigenvalue weighted by Crippen LogP contribution is 2.15. The van der Waals surface area contributed by atoms with Crippen LogP contribution in [0.1, 0.15) is 12.8 Å². The molecule has 1 rings (SSSR count). The first-order valence-electron chi connectivity index (χ1n) is 5.26. The maximum Gasteiger partial charge on any atom is 0.0469 e. The third-order valence-corrected chi connectivity index (χ3v) is 3.08. The summed E-state index contributed by atoms with van der Waals surface area (Å²) in [5, 5.41) is 0. The minimum Gasteiger partial charge on any atom is -0.381 e. The maximum atomic E-state index is 5.34. The van der Waals surface area contributed by atoms with E-state index in [0.717, 1.165) is 38.0 Å². The Morgan fingerprint density at radius 1 is 1.50 bits per heavy atom. The second kappa shape index (κ2) is 6.49. The average Bonchev–Trinajstić information content (AvgIpc) is 2.19. The Kier molecular flexibility index (Phi) is 5.60. The van der Waals surface area contributed by atoms with E-state index in [2.05, 4.69) is 31.2 Å². The number of ether oxygens (including phenoxy) is 1. The molecule has 0 saturated carbocycles. The van der Waals surface area contributed by atoms with Crippen LogP contribution in [0, 0.1) is 5.92 Å². The van der Waals surface area contributed by atoms with Crippen molar-refractivity contribution >= 4 is 12.6 Å². The first-order chi connectivity index (χ1) is 6.72. The number of nitrogens with zero attached hydrogens (tertiary/aromatic N) is 1. The lowest BCUT2D eigenvalue weighted by Crippen LogP contribution is -2.31. The SMILES string of the molecule is C=C(CS)CN(C)CC1CCOCC1. The van der Waals surface area contributed by atoms with Gasteiger partial charge < -0.3 is 9.64 Å². The molecule has 0 N–H and O–H groups in total. The Bertz CT molecular complexity index is 178. The molecule has 0 aromatic rings. The molecule has 3 heteroatoms. The summed E-state index contributed by atoms with van der Waals surface area (Å²) in [4.78, 5) is 2.34. The minimum atomic E-state index is 0.790. The highest BCUT2D eigenvalue weighted by atomic mass is 32.1. The lowest BCUT2D eigenvalue weighted by atomic mass is 10.00. The summed E-state index contributed by atoms with van der Waals surface area (Å²) in [5.74, 6) is 1.60. The molecule has 1 fully saturated rings. The van der Waals surface area contributed by atoms with Crippen molar-refractivity contribution in [2.45, 2.75) is 12.8 Å². The van der Waals surface area contributed by atoms with Gasteiger partial charge in [0.25, 0.3) is 0 Å². The first-order valence-corrected chi connectivity index (χ1v) is 5.89. The molecule has 1 aliphatic heterocycles. The number of likely N-dealkylation sites (N-methyl/N-ethyl adjacent to an activating group) is 1. The smallest absolute Gasteiger partial charge is 0.0469 e. The van der Waals surface area contributed by atoms with Crippen molar-refractivity contribution in [3.63, 3.8) is 0 Å². The predicted octanol–water partition coefficient (Wildman–Crippen LogP) is 1.83. The van der Waals surface area contributed by atoms with Crippen LogP contribution in [-0.2, 0) is 4.74 Å². The van der Waals surface area contributed by atoms with Gasteiger partial charge in [0.05, 0.1) is 0 Å². The molecule has 0 aliphatic carbocycles. The molecular formula is C11H21NOS. The largest absolute Gasteiger partial charge is 0.381 e. The van der Waals surface area contributed by atoms with Crippen molar-refractivity contribution in [1.29, 1.82) is 0 Å². The Balaban J connectivity index is 2.18. The molecule has 1 saturated heterocycles. The van der Waals surface area contributed by atoms with E-state index in [1.54, 1.807) is 0 Å². The van der Waals surface area contributed by atoms with Crippen LogP contribution >= 0.6 is 12.6 Å². The fourth-order valence-corrected chi connectivity index (χ4v) is 1.97. The van der Waals surface area contributed by atoms with Gasteiger partial charge >= 0.3 is 0 Å². The molecule has 1 aliphatic rings. The van der Waals surface area contributed by atoms with Crippen molar-refractivity contribution in [3.8, 4) is 0 Å². The van der Waals surface area contributed by atoms with Crippen LogP contribution in [0.3, 0.4) is 0 Å². The summed E-state index contributed by atoms with van der Waals surface area (Å²) < 4.78 is 5.34. The number of hydrogen-bond acceptors (Lipinski definition) is 3. The molecule has 0 aromatic heterocycles. The summed E-state index contributed by atoms with van der Waals surface area (Å²) in [6.45, 7) is 7.97. The summed E-state index contributed by atoms with van der Waals surface area (Å²) >= 11 is 4.21. The lowest BCUT2D eigenvalue weighted by Gasteiger charge is -2.27. The van der Waals surface area contributed by atoms with E-state index in [9.17, 15) is 0 Å². The highest BCUT2D eigenvalue weighted by Gasteiger charge is 2.15. The van der Waals surface area contributed by atoms with Gasteiger partial charge in [0, 0.05) is 32.1 Å². The molecule has 14 heavy (non-hydrogen) atoms. The van der Waals surface area contributed by atoms with Crippen molar-refractivity contribution in [3.05, 3.63) is 12.2 Å². The van der Waals surface area contributed by atoms with E-state index in [4.69, 9.17) is 4.74 Å². The standard InChI is InChI=1S/C11H21NOS/c1-10(9-14)7-12(2)8-11-3-5-13-6-4-11/h11,14H,1,3-9H2,2H3. The Hall–Kier alpha value is 0.01000. The van der Waals surface area contributed by atoms with E-state index >= 15 is 0 Å². The van der Waals surface area contributed by atoms with E-state index in [-0.39, 0.29) is 0 Å². The van der Waals surface area contributed by atoms with Crippen LogP contribution in [0.25, 0.3) is 0 Å². The van der Waals surface area contributed by atoms with Crippen molar-refractivity contribution < 1.29 is 4.74 Å². The van der Waals surface area contributed by atoms with Crippen molar-refractivity contribution in [1.82, 2.24) is 4.90 Å². The van der Waals surface area contributed by atoms with E-state index in [1.165, 1.54) is 18.4 Å². The van der Waals surface area contributed by atoms with Gasteiger partial charge in [-0.15, -0.1) is 0 Å². The van der Waals surface area contributed by atoms with Gasteiger partial charge in [0.1, 0.15) is 0 Å². The van der Waals surface area contributed by atoms with Gasteiger partial charge in [-0.1, -0.05) is 12.2 Å². The zero-order valence-electron chi connectivity index (χ0n) is 9.04. The van der Waals surface area contributed by atoms with Crippen LogP contribution < -0.4 is 0 Å². The minimum absolute atomic E-state index is 0.790.